The smallest absolute Gasteiger partial charge is 0.239 e. The number of aryl methyl sites for hydroxylation is 1. The Balaban J connectivity index is 1.07. The summed E-state index contributed by atoms with van der Waals surface area (Å²) in [4.78, 5) is 24.3. The number of aliphatic hydroxyl groups is 1. The third kappa shape index (κ3) is 4.35. The number of pyridine rings is 1. The van der Waals surface area contributed by atoms with Crippen LogP contribution in [0, 0.1) is 6.92 Å². The van der Waals surface area contributed by atoms with E-state index in [4.69, 9.17) is 0 Å². The number of hydrogen-bond acceptors (Lipinski definition) is 7. The van der Waals surface area contributed by atoms with Crippen LogP contribution < -0.4 is 10.6 Å². The summed E-state index contributed by atoms with van der Waals surface area (Å²) in [6, 6.07) is 6.91. The van der Waals surface area contributed by atoms with Crippen LogP contribution in [0.25, 0.3) is 10.8 Å². The predicted octanol–water partition coefficient (Wildman–Crippen LogP) is 3.04. The number of thiazole rings is 1. The number of benzene rings is 1. The molecule has 0 radical (unpaired) electrons. The highest BCUT2D eigenvalue weighted by molar-refractivity contribution is 7.09. The van der Waals surface area contributed by atoms with Crippen molar-refractivity contribution in [1.29, 1.82) is 0 Å². The van der Waals surface area contributed by atoms with E-state index in [0.29, 0.717) is 6.04 Å². The van der Waals surface area contributed by atoms with Crippen LogP contribution in [0.15, 0.2) is 42.3 Å². The second-order valence-electron chi connectivity index (χ2n) is 9.11. The van der Waals surface area contributed by atoms with E-state index in [0.717, 1.165) is 60.1 Å². The topological polar surface area (TPSA) is 90.4 Å². The van der Waals surface area contributed by atoms with Gasteiger partial charge in [-0.3, -0.25) is 19.7 Å². The van der Waals surface area contributed by atoms with Crippen LogP contribution in [0.3, 0.4) is 0 Å². The molecule has 0 atom stereocenters. The molecule has 7 nitrogen and oxygen atoms in total. The lowest BCUT2D eigenvalue weighted by molar-refractivity contribution is -0.121. The zero-order valence-electron chi connectivity index (χ0n) is 18.3. The summed E-state index contributed by atoms with van der Waals surface area (Å²) < 4.78 is 0. The van der Waals surface area contributed by atoms with Gasteiger partial charge >= 0.3 is 0 Å². The van der Waals surface area contributed by atoms with E-state index in [9.17, 15) is 9.90 Å². The van der Waals surface area contributed by atoms with Gasteiger partial charge in [-0.25, -0.2) is 0 Å². The average molecular weight is 452 g/mol. The fraction of sp³-hybridized carbons (Fsp3) is 0.458. The molecule has 168 valence electrons. The highest BCUT2D eigenvalue weighted by Crippen LogP contribution is 2.40. The summed E-state index contributed by atoms with van der Waals surface area (Å²) in [6.45, 7) is 4.05. The maximum absolute atomic E-state index is 12.5. The Morgan fingerprint density at radius 2 is 2.03 bits per heavy atom. The van der Waals surface area contributed by atoms with Crippen molar-refractivity contribution in [3.63, 3.8) is 0 Å². The molecule has 2 fully saturated rings. The number of carbonyl (C=O) groups is 1. The summed E-state index contributed by atoms with van der Waals surface area (Å²) in [5, 5.41) is 19.4. The molecule has 1 aliphatic carbocycles. The number of fused-ring (bicyclic) bond motifs is 1. The van der Waals surface area contributed by atoms with Crippen molar-refractivity contribution in [1.82, 2.24) is 20.2 Å². The number of likely N-dealkylation sites (tertiary alicyclic amines) is 1. The van der Waals surface area contributed by atoms with Gasteiger partial charge in [0.05, 0.1) is 34.9 Å². The van der Waals surface area contributed by atoms with E-state index in [1.165, 1.54) is 16.9 Å². The number of amides is 1. The van der Waals surface area contributed by atoms with Crippen molar-refractivity contribution < 1.29 is 9.90 Å². The first-order chi connectivity index (χ1) is 15.5. The first-order valence-electron chi connectivity index (χ1n) is 11.2. The van der Waals surface area contributed by atoms with Gasteiger partial charge in [-0.15, -0.1) is 11.3 Å². The molecule has 1 saturated heterocycles. The minimum Gasteiger partial charge on any atom is -0.384 e. The zero-order chi connectivity index (χ0) is 22.1. The van der Waals surface area contributed by atoms with Crippen LogP contribution in [0.4, 0.5) is 5.69 Å². The minimum absolute atomic E-state index is 0.00233. The van der Waals surface area contributed by atoms with Gasteiger partial charge in [0, 0.05) is 42.3 Å². The Hall–Kier alpha value is -2.55. The van der Waals surface area contributed by atoms with Gasteiger partial charge in [-0.2, -0.15) is 0 Å². The maximum Gasteiger partial charge on any atom is 0.239 e. The Kier molecular flexibility index (Phi) is 5.84. The molecular formula is C24H29N5O2S. The molecule has 8 heteroatoms. The molecule has 1 aliphatic heterocycles. The number of aromatic nitrogens is 2. The van der Waals surface area contributed by atoms with Gasteiger partial charge in [0.1, 0.15) is 5.60 Å². The van der Waals surface area contributed by atoms with Crippen LogP contribution in [0.5, 0.6) is 0 Å². The van der Waals surface area contributed by atoms with Crippen LogP contribution in [-0.2, 0) is 10.4 Å². The number of nitrogens with zero attached hydrogens (tertiary/aromatic N) is 3. The molecule has 1 aromatic carbocycles. The van der Waals surface area contributed by atoms with Gasteiger partial charge in [0.25, 0.3) is 0 Å². The molecular weight excluding hydrogens is 422 g/mol. The van der Waals surface area contributed by atoms with Gasteiger partial charge < -0.3 is 15.7 Å². The molecule has 0 spiro atoms. The highest BCUT2D eigenvalue weighted by atomic mass is 32.1. The second-order valence-corrected chi connectivity index (χ2v) is 10.00. The summed E-state index contributed by atoms with van der Waals surface area (Å²) in [5.41, 5.74) is 3.14. The number of carbonyl (C=O) groups excluding carboxylic acids is 1. The zero-order valence-corrected chi connectivity index (χ0v) is 19.1. The third-order valence-corrected chi connectivity index (χ3v) is 7.79. The number of hydrogen-bond donors (Lipinski definition) is 3. The fourth-order valence-corrected chi connectivity index (χ4v) is 5.69. The summed E-state index contributed by atoms with van der Waals surface area (Å²) >= 11 is 1.54. The van der Waals surface area contributed by atoms with Crippen LogP contribution in [-0.4, -0.2) is 57.6 Å². The quantitative estimate of drug-likeness (QED) is 0.534. The van der Waals surface area contributed by atoms with Crippen molar-refractivity contribution >= 4 is 33.7 Å². The van der Waals surface area contributed by atoms with Crippen LogP contribution in [0.1, 0.15) is 36.1 Å². The SMILES string of the molecule is Cc1ccc2cncc(NCC(=O)NC3CN(C4CCC(O)(c5cncs5)CC4)C3)c2c1. The Morgan fingerprint density at radius 1 is 1.22 bits per heavy atom. The number of rotatable bonds is 6. The summed E-state index contributed by atoms with van der Waals surface area (Å²) in [6.07, 6.45) is 8.91. The summed E-state index contributed by atoms with van der Waals surface area (Å²) in [7, 11) is 0. The van der Waals surface area contributed by atoms with Gasteiger partial charge in [0.15, 0.2) is 0 Å². The molecule has 3 N–H and O–H groups in total. The minimum atomic E-state index is -0.711. The Labute approximate surface area is 191 Å². The van der Waals surface area contributed by atoms with Gasteiger partial charge in [-0.05, 0) is 38.7 Å². The monoisotopic (exact) mass is 451 g/mol. The van der Waals surface area contributed by atoms with E-state index in [2.05, 4.69) is 50.6 Å². The molecule has 3 heterocycles. The van der Waals surface area contributed by atoms with E-state index < -0.39 is 5.60 Å². The van der Waals surface area contributed by atoms with Crippen LogP contribution >= 0.6 is 11.3 Å². The maximum atomic E-state index is 12.5. The van der Waals surface area contributed by atoms with Crippen molar-refractivity contribution in [2.24, 2.45) is 0 Å². The van der Waals surface area contributed by atoms with E-state index in [-0.39, 0.29) is 18.5 Å². The normalized spacial score (nSPS) is 24.2. The molecule has 2 aromatic heterocycles. The third-order valence-electron chi connectivity index (χ3n) is 6.82. The van der Waals surface area contributed by atoms with Crippen LogP contribution in [0.2, 0.25) is 0 Å². The van der Waals surface area contributed by atoms with Gasteiger partial charge in [0.2, 0.25) is 5.91 Å². The molecule has 3 aromatic rings. The standard InChI is InChI=1S/C24H29N5O2S/c1-16-2-3-17-9-25-10-21(20(17)8-16)27-12-23(30)28-18-13-29(14-18)19-4-6-24(31,7-5-19)22-11-26-15-32-22/h2-3,8-11,15,18-19,27,31H,4-7,12-14H2,1H3,(H,28,30). The highest BCUT2D eigenvalue weighted by Gasteiger charge is 2.40. The molecule has 1 amide bonds. The molecule has 1 saturated carbocycles. The largest absolute Gasteiger partial charge is 0.384 e. The predicted molar refractivity (Wildman–Crippen MR) is 127 cm³/mol. The van der Waals surface area contributed by atoms with E-state index >= 15 is 0 Å². The molecule has 0 bridgehead atoms. The fourth-order valence-electron chi connectivity index (χ4n) is 4.91. The number of anilines is 1. The Bertz CT molecular complexity index is 1090. The lowest BCUT2D eigenvalue weighted by atomic mass is 9.80. The van der Waals surface area contributed by atoms with Crippen molar-refractivity contribution in [2.45, 2.75) is 50.3 Å². The first kappa shape index (κ1) is 21.3. The molecule has 0 unspecified atom stereocenters. The molecule has 2 aliphatic rings. The van der Waals surface area contributed by atoms with E-state index in [1.54, 1.807) is 17.9 Å². The number of nitrogens with one attached hydrogen (secondary N) is 2. The second kappa shape index (κ2) is 8.77. The first-order valence-corrected chi connectivity index (χ1v) is 12.1. The van der Waals surface area contributed by atoms with Crippen molar-refractivity contribution in [3.8, 4) is 0 Å². The molecule has 5 rings (SSSR count). The van der Waals surface area contributed by atoms with Crippen molar-refractivity contribution in [3.05, 3.63) is 52.7 Å². The van der Waals surface area contributed by atoms with Gasteiger partial charge in [-0.1, -0.05) is 17.7 Å². The Morgan fingerprint density at radius 3 is 2.78 bits per heavy atom. The lowest BCUT2D eigenvalue weighted by Crippen LogP contribution is -2.63. The summed E-state index contributed by atoms with van der Waals surface area (Å²) in [5.74, 6) is 0.00233. The molecule has 32 heavy (non-hydrogen) atoms. The average Bonchev–Trinajstić information content (AvgIpc) is 3.31. The lowest BCUT2D eigenvalue weighted by Gasteiger charge is -2.48. The van der Waals surface area contributed by atoms with Crippen molar-refractivity contribution in [2.75, 3.05) is 25.0 Å². The van der Waals surface area contributed by atoms with E-state index in [1.807, 2.05) is 6.20 Å².